The van der Waals surface area contributed by atoms with Crippen molar-refractivity contribution in [3.05, 3.63) is 47.0 Å². The number of nitrogens with one attached hydrogen (secondary N) is 1. The standard InChI is InChI=1S/C17H18N4O3/c1-2-9-18-13(22)8-10-21-11-19-16-14(17(21)23)15(20-24-16)12-6-4-3-5-7-12/h3-7,11H,2,8-10H2,1H3,(H,18,22). The van der Waals surface area contributed by atoms with Crippen molar-refractivity contribution in [2.75, 3.05) is 6.54 Å². The molecule has 0 unspecified atom stereocenters. The summed E-state index contributed by atoms with van der Waals surface area (Å²) < 4.78 is 6.58. The van der Waals surface area contributed by atoms with Gasteiger partial charge in [-0.2, -0.15) is 0 Å². The van der Waals surface area contributed by atoms with Crippen LogP contribution in [0.5, 0.6) is 0 Å². The van der Waals surface area contributed by atoms with Gasteiger partial charge in [-0.15, -0.1) is 0 Å². The lowest BCUT2D eigenvalue weighted by molar-refractivity contribution is -0.121. The van der Waals surface area contributed by atoms with Gasteiger partial charge >= 0.3 is 0 Å². The number of aromatic nitrogens is 3. The van der Waals surface area contributed by atoms with Crippen molar-refractivity contribution in [3.63, 3.8) is 0 Å². The molecule has 24 heavy (non-hydrogen) atoms. The molecule has 0 aliphatic heterocycles. The van der Waals surface area contributed by atoms with Crippen molar-refractivity contribution in [1.29, 1.82) is 0 Å². The maximum absolute atomic E-state index is 12.7. The zero-order valence-electron chi connectivity index (χ0n) is 13.4. The molecule has 0 radical (unpaired) electrons. The van der Waals surface area contributed by atoms with Crippen molar-refractivity contribution in [3.8, 4) is 11.3 Å². The van der Waals surface area contributed by atoms with E-state index in [-0.39, 0.29) is 30.1 Å². The predicted octanol–water partition coefficient (Wildman–Crippen LogP) is 1.97. The van der Waals surface area contributed by atoms with Crippen LogP contribution in [0.4, 0.5) is 0 Å². The molecule has 1 N–H and O–H groups in total. The van der Waals surface area contributed by atoms with Crippen LogP contribution in [0.15, 0.2) is 46.0 Å². The van der Waals surface area contributed by atoms with Crippen LogP contribution in [-0.4, -0.2) is 27.2 Å². The van der Waals surface area contributed by atoms with Gasteiger partial charge in [-0.05, 0) is 6.42 Å². The summed E-state index contributed by atoms with van der Waals surface area (Å²) in [7, 11) is 0. The molecular weight excluding hydrogens is 308 g/mol. The summed E-state index contributed by atoms with van der Waals surface area (Å²) in [6.45, 7) is 2.88. The molecule has 0 aliphatic carbocycles. The summed E-state index contributed by atoms with van der Waals surface area (Å²) in [5.41, 5.74) is 1.19. The van der Waals surface area contributed by atoms with E-state index in [1.165, 1.54) is 10.9 Å². The van der Waals surface area contributed by atoms with Crippen LogP contribution in [0.3, 0.4) is 0 Å². The summed E-state index contributed by atoms with van der Waals surface area (Å²) in [6.07, 6.45) is 2.48. The zero-order chi connectivity index (χ0) is 16.9. The Morgan fingerprint density at radius 1 is 1.29 bits per heavy atom. The van der Waals surface area contributed by atoms with E-state index in [4.69, 9.17) is 4.52 Å². The topological polar surface area (TPSA) is 90.0 Å². The molecule has 0 spiro atoms. The molecule has 2 aromatic heterocycles. The van der Waals surface area contributed by atoms with Crippen molar-refractivity contribution >= 4 is 17.0 Å². The Morgan fingerprint density at radius 3 is 2.83 bits per heavy atom. The first kappa shape index (κ1) is 15.9. The average molecular weight is 326 g/mol. The van der Waals surface area contributed by atoms with Crippen LogP contribution in [0, 0.1) is 0 Å². The third kappa shape index (κ3) is 3.19. The molecule has 2 heterocycles. The monoisotopic (exact) mass is 326 g/mol. The summed E-state index contributed by atoms with van der Waals surface area (Å²) in [5.74, 6) is -0.0857. The lowest BCUT2D eigenvalue weighted by Crippen LogP contribution is -2.28. The highest BCUT2D eigenvalue weighted by molar-refractivity contribution is 5.88. The first-order chi connectivity index (χ1) is 11.7. The number of carbonyl (C=O) groups excluding carboxylic acids is 1. The Bertz CT molecular complexity index is 899. The van der Waals surface area contributed by atoms with Crippen LogP contribution in [0.25, 0.3) is 22.4 Å². The number of hydrogen-bond donors (Lipinski definition) is 1. The molecule has 0 fully saturated rings. The van der Waals surface area contributed by atoms with Gasteiger partial charge in [0.2, 0.25) is 5.91 Å². The van der Waals surface area contributed by atoms with Crippen molar-refractivity contribution in [1.82, 2.24) is 20.0 Å². The smallest absolute Gasteiger partial charge is 0.266 e. The second kappa shape index (κ2) is 7.08. The molecule has 124 valence electrons. The normalized spacial score (nSPS) is 10.9. The largest absolute Gasteiger partial charge is 0.356 e. The fraction of sp³-hybridized carbons (Fsp3) is 0.294. The van der Waals surface area contributed by atoms with Crippen LogP contribution in [-0.2, 0) is 11.3 Å². The quantitative estimate of drug-likeness (QED) is 0.748. The van der Waals surface area contributed by atoms with Gasteiger partial charge in [0.15, 0.2) is 0 Å². The molecule has 0 atom stereocenters. The van der Waals surface area contributed by atoms with E-state index in [0.717, 1.165) is 12.0 Å². The van der Waals surface area contributed by atoms with Crippen molar-refractivity contribution in [2.45, 2.75) is 26.3 Å². The Morgan fingerprint density at radius 2 is 2.08 bits per heavy atom. The molecule has 0 saturated carbocycles. The lowest BCUT2D eigenvalue weighted by Gasteiger charge is -2.06. The van der Waals surface area contributed by atoms with Gasteiger partial charge in [-0.3, -0.25) is 14.2 Å². The molecule has 7 heteroatoms. The minimum Gasteiger partial charge on any atom is -0.356 e. The van der Waals surface area contributed by atoms with E-state index in [2.05, 4.69) is 15.5 Å². The number of amides is 1. The van der Waals surface area contributed by atoms with Crippen LogP contribution >= 0.6 is 0 Å². The van der Waals surface area contributed by atoms with Crippen LogP contribution in [0.2, 0.25) is 0 Å². The van der Waals surface area contributed by atoms with Gasteiger partial charge in [-0.1, -0.05) is 42.4 Å². The van der Waals surface area contributed by atoms with Gasteiger partial charge < -0.3 is 9.84 Å². The van der Waals surface area contributed by atoms with Gasteiger partial charge in [0.05, 0.1) is 0 Å². The van der Waals surface area contributed by atoms with Gasteiger partial charge in [-0.25, -0.2) is 4.98 Å². The summed E-state index contributed by atoms with van der Waals surface area (Å²) >= 11 is 0. The zero-order valence-corrected chi connectivity index (χ0v) is 13.4. The first-order valence-corrected chi connectivity index (χ1v) is 7.87. The Labute approximate surface area is 138 Å². The lowest BCUT2D eigenvalue weighted by atomic mass is 10.1. The molecular formula is C17H18N4O3. The summed E-state index contributed by atoms with van der Waals surface area (Å²) in [6, 6.07) is 9.32. The van der Waals surface area contributed by atoms with Crippen LogP contribution < -0.4 is 10.9 Å². The molecule has 1 amide bonds. The molecule has 1 aromatic carbocycles. The van der Waals surface area contributed by atoms with Gasteiger partial charge in [0.25, 0.3) is 11.3 Å². The highest BCUT2D eigenvalue weighted by atomic mass is 16.5. The molecule has 7 nitrogen and oxygen atoms in total. The summed E-state index contributed by atoms with van der Waals surface area (Å²) in [4.78, 5) is 28.5. The molecule has 0 aliphatic rings. The minimum absolute atomic E-state index is 0.0857. The van der Waals surface area contributed by atoms with Crippen molar-refractivity contribution in [2.24, 2.45) is 0 Å². The maximum Gasteiger partial charge on any atom is 0.266 e. The second-order valence-corrected chi connectivity index (χ2v) is 5.42. The fourth-order valence-corrected chi connectivity index (χ4v) is 2.41. The number of carbonyl (C=O) groups is 1. The number of fused-ring (bicyclic) bond motifs is 1. The van der Waals surface area contributed by atoms with E-state index in [1.807, 2.05) is 37.3 Å². The van der Waals surface area contributed by atoms with E-state index in [9.17, 15) is 9.59 Å². The van der Waals surface area contributed by atoms with Gasteiger partial charge in [0, 0.05) is 25.1 Å². The third-order valence-electron chi connectivity index (χ3n) is 3.66. The van der Waals surface area contributed by atoms with E-state index >= 15 is 0 Å². The molecule has 0 bridgehead atoms. The predicted molar refractivity (Wildman–Crippen MR) is 89.4 cm³/mol. The Balaban J connectivity index is 1.90. The van der Waals surface area contributed by atoms with E-state index < -0.39 is 0 Å². The number of aryl methyl sites for hydroxylation is 1. The molecule has 3 aromatic rings. The van der Waals surface area contributed by atoms with E-state index in [0.29, 0.717) is 17.6 Å². The number of hydrogen-bond acceptors (Lipinski definition) is 5. The van der Waals surface area contributed by atoms with Crippen molar-refractivity contribution < 1.29 is 9.32 Å². The van der Waals surface area contributed by atoms with Gasteiger partial charge in [0.1, 0.15) is 17.4 Å². The number of nitrogens with zero attached hydrogens (tertiary/aromatic N) is 3. The number of rotatable bonds is 6. The summed E-state index contributed by atoms with van der Waals surface area (Å²) in [5, 5.41) is 7.09. The third-order valence-corrected chi connectivity index (χ3v) is 3.66. The van der Waals surface area contributed by atoms with E-state index in [1.54, 1.807) is 0 Å². The Kier molecular flexibility index (Phi) is 4.69. The fourth-order valence-electron chi connectivity index (χ4n) is 2.41. The highest BCUT2D eigenvalue weighted by Crippen LogP contribution is 2.23. The Hall–Kier alpha value is -2.96. The second-order valence-electron chi connectivity index (χ2n) is 5.42. The SMILES string of the molecule is CCCNC(=O)CCn1cnc2onc(-c3ccccc3)c2c1=O. The molecule has 3 rings (SSSR count). The molecule has 0 saturated heterocycles. The highest BCUT2D eigenvalue weighted by Gasteiger charge is 2.17. The van der Waals surface area contributed by atoms with Crippen LogP contribution in [0.1, 0.15) is 19.8 Å². The number of benzene rings is 1. The average Bonchev–Trinajstić information content (AvgIpc) is 3.05. The minimum atomic E-state index is -0.261. The first-order valence-electron chi connectivity index (χ1n) is 7.87. The maximum atomic E-state index is 12.7.